The van der Waals surface area contributed by atoms with Gasteiger partial charge in [-0.15, -0.1) is 0 Å². The second kappa shape index (κ2) is 6.11. The van der Waals surface area contributed by atoms with Gasteiger partial charge in [0, 0.05) is 12.1 Å². The van der Waals surface area contributed by atoms with Crippen molar-refractivity contribution < 1.29 is 23.1 Å². The van der Waals surface area contributed by atoms with E-state index in [1.807, 2.05) is 0 Å². The lowest BCUT2D eigenvalue weighted by molar-refractivity contribution is -0.145. The van der Waals surface area contributed by atoms with Crippen molar-refractivity contribution >= 4 is 5.97 Å². The number of fused-ring (bicyclic) bond motifs is 1. The lowest BCUT2D eigenvalue weighted by Crippen LogP contribution is -2.49. The molecular formula is C14H13F3N4O3. The van der Waals surface area contributed by atoms with E-state index >= 15 is 0 Å². The van der Waals surface area contributed by atoms with Gasteiger partial charge in [0.25, 0.3) is 6.43 Å². The third-order valence-electron chi connectivity index (χ3n) is 3.98. The number of hydrogen-bond donors (Lipinski definition) is 2. The van der Waals surface area contributed by atoms with Crippen LogP contribution in [0.4, 0.5) is 13.2 Å². The smallest absolute Gasteiger partial charge is 0.343 e. The second-order valence-corrected chi connectivity index (χ2v) is 5.44. The zero-order valence-corrected chi connectivity index (χ0v) is 12.2. The maximum atomic E-state index is 14.2. The van der Waals surface area contributed by atoms with Gasteiger partial charge in [0.2, 0.25) is 0 Å². The van der Waals surface area contributed by atoms with Gasteiger partial charge in [-0.3, -0.25) is 14.3 Å². The van der Waals surface area contributed by atoms with Crippen LogP contribution in [0.15, 0.2) is 23.0 Å². The van der Waals surface area contributed by atoms with Crippen molar-refractivity contribution in [2.45, 2.75) is 32.1 Å². The number of hydrogen-bond acceptors (Lipinski definition) is 4. The van der Waals surface area contributed by atoms with Gasteiger partial charge in [-0.25, -0.2) is 23.1 Å². The molecule has 2 aromatic rings. The van der Waals surface area contributed by atoms with E-state index in [0.717, 1.165) is 6.07 Å². The van der Waals surface area contributed by atoms with Crippen molar-refractivity contribution in [3.63, 3.8) is 0 Å². The normalized spacial score (nSPS) is 17.9. The van der Waals surface area contributed by atoms with Gasteiger partial charge < -0.3 is 5.11 Å². The number of aliphatic carboxylic acids is 1. The molecule has 0 spiro atoms. The zero-order chi connectivity index (χ0) is 17.4. The van der Waals surface area contributed by atoms with Crippen LogP contribution < -0.4 is 5.69 Å². The molecule has 3 rings (SSSR count). The molecule has 0 saturated carbocycles. The number of aromatic nitrogens is 3. The SMILES string of the molecule is O=C(O)C1Cn2c(n[nH]c2=O)CN1Cc1cccc(C(F)F)c1F. The van der Waals surface area contributed by atoms with Gasteiger partial charge in [-0.1, -0.05) is 18.2 Å². The molecule has 128 valence electrons. The highest BCUT2D eigenvalue weighted by atomic mass is 19.3. The molecule has 24 heavy (non-hydrogen) atoms. The summed E-state index contributed by atoms with van der Waals surface area (Å²) in [4.78, 5) is 24.4. The number of aromatic amines is 1. The number of nitrogens with one attached hydrogen (secondary N) is 1. The Kier molecular flexibility index (Phi) is 4.14. The van der Waals surface area contributed by atoms with Gasteiger partial charge in [0.15, 0.2) is 0 Å². The first-order valence-electron chi connectivity index (χ1n) is 7.05. The molecule has 0 aliphatic carbocycles. The Morgan fingerprint density at radius 3 is 2.88 bits per heavy atom. The lowest BCUT2D eigenvalue weighted by atomic mass is 10.1. The molecule has 1 aromatic carbocycles. The number of alkyl halides is 2. The van der Waals surface area contributed by atoms with Crippen LogP contribution in [0.1, 0.15) is 23.4 Å². The van der Waals surface area contributed by atoms with Crippen LogP contribution in [0, 0.1) is 5.82 Å². The Morgan fingerprint density at radius 2 is 2.21 bits per heavy atom. The number of benzene rings is 1. The first-order valence-corrected chi connectivity index (χ1v) is 7.05. The summed E-state index contributed by atoms with van der Waals surface area (Å²) < 4.78 is 41.0. The number of H-pyrrole nitrogens is 1. The standard InChI is InChI=1S/C14H13F3N4O3/c15-11-7(2-1-3-8(11)12(16)17)4-20-6-10-18-19-14(24)21(10)5-9(20)13(22)23/h1-3,9,12H,4-6H2,(H,19,24)(H,22,23). The number of rotatable bonds is 4. The van der Waals surface area contributed by atoms with Crippen LogP contribution in [0.3, 0.4) is 0 Å². The highest BCUT2D eigenvalue weighted by Crippen LogP contribution is 2.26. The van der Waals surface area contributed by atoms with Crippen LogP contribution in [0.5, 0.6) is 0 Å². The largest absolute Gasteiger partial charge is 0.480 e. The summed E-state index contributed by atoms with van der Waals surface area (Å²) in [5.74, 6) is -1.94. The molecule has 0 radical (unpaired) electrons. The summed E-state index contributed by atoms with van der Waals surface area (Å²) in [7, 11) is 0. The Bertz CT molecular complexity index is 833. The molecule has 7 nitrogen and oxygen atoms in total. The minimum Gasteiger partial charge on any atom is -0.480 e. The van der Waals surface area contributed by atoms with Crippen molar-refractivity contribution in [3.05, 3.63) is 51.5 Å². The third kappa shape index (κ3) is 2.80. The van der Waals surface area contributed by atoms with E-state index in [4.69, 9.17) is 0 Å². The molecule has 1 aromatic heterocycles. The summed E-state index contributed by atoms with van der Waals surface area (Å²) in [5, 5.41) is 15.4. The van der Waals surface area contributed by atoms with E-state index in [9.17, 15) is 27.9 Å². The summed E-state index contributed by atoms with van der Waals surface area (Å²) >= 11 is 0. The summed E-state index contributed by atoms with van der Waals surface area (Å²) in [6.07, 6.45) is -2.96. The van der Waals surface area contributed by atoms with Gasteiger partial charge in [-0.2, -0.15) is 5.10 Å². The predicted molar refractivity (Wildman–Crippen MR) is 74.9 cm³/mol. The minimum absolute atomic E-state index is 0.0198. The Hall–Kier alpha value is -2.62. The summed E-state index contributed by atoms with van der Waals surface area (Å²) in [6, 6.07) is 2.51. The topological polar surface area (TPSA) is 91.2 Å². The second-order valence-electron chi connectivity index (χ2n) is 5.44. The average molecular weight is 342 g/mol. The number of halogens is 3. The van der Waals surface area contributed by atoms with Gasteiger partial charge in [0.05, 0.1) is 18.7 Å². The van der Waals surface area contributed by atoms with Crippen LogP contribution >= 0.6 is 0 Å². The molecule has 2 N–H and O–H groups in total. The van der Waals surface area contributed by atoms with E-state index in [-0.39, 0.29) is 25.2 Å². The first-order chi connectivity index (χ1) is 11.4. The molecule has 1 aliphatic heterocycles. The van der Waals surface area contributed by atoms with Crippen molar-refractivity contribution in [1.82, 2.24) is 19.7 Å². The Balaban J connectivity index is 1.92. The molecular weight excluding hydrogens is 329 g/mol. The van der Waals surface area contributed by atoms with E-state index < -0.39 is 35.5 Å². The molecule has 1 aliphatic rings. The molecule has 10 heteroatoms. The fourth-order valence-corrected chi connectivity index (χ4v) is 2.75. The third-order valence-corrected chi connectivity index (χ3v) is 3.98. The first kappa shape index (κ1) is 16.2. The number of carboxylic acid groups (broad SMARTS) is 1. The summed E-state index contributed by atoms with van der Waals surface area (Å²) in [5.41, 5.74) is -1.29. The van der Waals surface area contributed by atoms with E-state index in [2.05, 4.69) is 10.2 Å². The molecule has 0 bridgehead atoms. The molecule has 1 atom stereocenters. The van der Waals surface area contributed by atoms with E-state index in [1.54, 1.807) is 0 Å². The van der Waals surface area contributed by atoms with Crippen LogP contribution in [0.25, 0.3) is 0 Å². The minimum atomic E-state index is -2.96. The maximum absolute atomic E-state index is 14.2. The maximum Gasteiger partial charge on any atom is 0.343 e. The molecule has 0 saturated heterocycles. The van der Waals surface area contributed by atoms with Crippen molar-refractivity contribution in [2.24, 2.45) is 0 Å². The lowest BCUT2D eigenvalue weighted by Gasteiger charge is -2.32. The molecule has 0 fully saturated rings. The van der Waals surface area contributed by atoms with Gasteiger partial charge >= 0.3 is 11.7 Å². The fourth-order valence-electron chi connectivity index (χ4n) is 2.75. The number of carbonyl (C=O) groups is 1. The van der Waals surface area contributed by atoms with Crippen LogP contribution in [-0.4, -0.2) is 36.8 Å². The Morgan fingerprint density at radius 1 is 1.46 bits per heavy atom. The van der Waals surface area contributed by atoms with Crippen molar-refractivity contribution in [2.75, 3.05) is 0 Å². The van der Waals surface area contributed by atoms with Crippen LogP contribution in [-0.2, 0) is 24.4 Å². The molecule has 0 amide bonds. The highest BCUT2D eigenvalue weighted by Gasteiger charge is 2.34. The van der Waals surface area contributed by atoms with Crippen molar-refractivity contribution in [3.8, 4) is 0 Å². The van der Waals surface area contributed by atoms with Gasteiger partial charge in [-0.05, 0) is 0 Å². The molecule has 1 unspecified atom stereocenters. The summed E-state index contributed by atoms with van der Waals surface area (Å²) in [6.45, 7) is -0.366. The zero-order valence-electron chi connectivity index (χ0n) is 12.2. The van der Waals surface area contributed by atoms with E-state index in [1.165, 1.54) is 21.6 Å². The van der Waals surface area contributed by atoms with Crippen LogP contribution in [0.2, 0.25) is 0 Å². The average Bonchev–Trinajstić information content (AvgIpc) is 2.88. The number of carboxylic acids is 1. The predicted octanol–water partition coefficient (Wildman–Crippen LogP) is 1.12. The molecule has 2 heterocycles. The monoisotopic (exact) mass is 342 g/mol. The van der Waals surface area contributed by atoms with Crippen molar-refractivity contribution in [1.29, 1.82) is 0 Å². The van der Waals surface area contributed by atoms with Gasteiger partial charge in [0.1, 0.15) is 17.7 Å². The highest BCUT2D eigenvalue weighted by molar-refractivity contribution is 5.73. The quantitative estimate of drug-likeness (QED) is 0.869. The van der Waals surface area contributed by atoms with E-state index in [0.29, 0.717) is 5.82 Å². The fraction of sp³-hybridized carbons (Fsp3) is 0.357. The Labute approximate surface area is 133 Å². The number of nitrogens with zero attached hydrogens (tertiary/aromatic N) is 3.